The maximum absolute atomic E-state index is 5.01. The van der Waals surface area contributed by atoms with Crippen LogP contribution in [-0.4, -0.2) is 26.8 Å². The molecule has 0 aliphatic heterocycles. The van der Waals surface area contributed by atoms with Crippen LogP contribution in [0.4, 0.5) is 0 Å². The van der Waals surface area contributed by atoms with Crippen LogP contribution < -0.4 is 5.32 Å². The quantitative estimate of drug-likeness (QED) is 0.663. The van der Waals surface area contributed by atoms with E-state index in [0.29, 0.717) is 10.8 Å². The maximum Gasteiger partial charge on any atom is 0.0474 e. The lowest BCUT2D eigenvalue weighted by molar-refractivity contribution is 0.194. The minimum absolute atomic E-state index is 0.515. The van der Waals surface area contributed by atoms with E-state index in [0.717, 1.165) is 32.0 Å². The zero-order valence-electron chi connectivity index (χ0n) is 10.3. The van der Waals surface area contributed by atoms with E-state index < -0.39 is 0 Å². The van der Waals surface area contributed by atoms with Gasteiger partial charge in [-0.25, -0.2) is 0 Å². The molecular weight excluding hydrogens is 174 g/mol. The first kappa shape index (κ1) is 12.0. The van der Waals surface area contributed by atoms with E-state index in [9.17, 15) is 0 Å². The smallest absolute Gasteiger partial charge is 0.0474 e. The topological polar surface area (TPSA) is 21.3 Å². The van der Waals surface area contributed by atoms with Crippen LogP contribution in [0.2, 0.25) is 0 Å². The second-order valence-electron chi connectivity index (χ2n) is 5.55. The van der Waals surface area contributed by atoms with Gasteiger partial charge in [-0.2, -0.15) is 0 Å². The van der Waals surface area contributed by atoms with Crippen LogP contribution in [-0.2, 0) is 4.74 Å². The molecule has 2 heteroatoms. The molecule has 0 amide bonds. The van der Waals surface area contributed by atoms with Gasteiger partial charge in [0.1, 0.15) is 0 Å². The first-order chi connectivity index (χ1) is 6.44. The van der Waals surface area contributed by atoms with Gasteiger partial charge in [-0.05, 0) is 36.3 Å². The highest BCUT2D eigenvalue weighted by molar-refractivity contribution is 5.12. The maximum atomic E-state index is 5.01. The Morgan fingerprint density at radius 2 is 1.71 bits per heavy atom. The average molecular weight is 199 g/mol. The lowest BCUT2D eigenvalue weighted by Gasteiger charge is -2.05. The summed E-state index contributed by atoms with van der Waals surface area (Å²) in [5.74, 6) is 0.831. The van der Waals surface area contributed by atoms with Crippen molar-refractivity contribution in [2.45, 2.75) is 34.1 Å². The fraction of sp³-hybridized carbons (Fsp3) is 1.00. The predicted octanol–water partition coefficient (Wildman–Crippen LogP) is 2.29. The number of ether oxygens (including phenoxy) is 1. The molecule has 0 aromatic carbocycles. The summed E-state index contributed by atoms with van der Waals surface area (Å²) in [4.78, 5) is 0. The summed E-state index contributed by atoms with van der Waals surface area (Å²) >= 11 is 0. The Morgan fingerprint density at radius 1 is 1.14 bits per heavy atom. The zero-order chi connectivity index (χ0) is 10.8. The molecule has 0 atom stereocenters. The van der Waals surface area contributed by atoms with E-state index in [1.54, 1.807) is 7.11 Å². The molecule has 0 heterocycles. The molecule has 2 nitrogen and oxygen atoms in total. The van der Waals surface area contributed by atoms with E-state index in [1.807, 2.05) is 0 Å². The summed E-state index contributed by atoms with van der Waals surface area (Å²) in [5.41, 5.74) is 1.03. The van der Waals surface area contributed by atoms with Crippen molar-refractivity contribution in [3.63, 3.8) is 0 Å². The van der Waals surface area contributed by atoms with Crippen molar-refractivity contribution in [3.05, 3.63) is 0 Å². The fourth-order valence-electron chi connectivity index (χ4n) is 2.43. The van der Waals surface area contributed by atoms with Crippen LogP contribution in [0.1, 0.15) is 34.1 Å². The van der Waals surface area contributed by atoms with E-state index in [-0.39, 0.29) is 0 Å². The largest absolute Gasteiger partial charge is 0.385 e. The minimum Gasteiger partial charge on any atom is -0.385 e. The number of hydrogen-bond acceptors (Lipinski definition) is 2. The van der Waals surface area contributed by atoms with Gasteiger partial charge in [-0.15, -0.1) is 0 Å². The molecule has 0 unspecified atom stereocenters. The molecule has 1 aliphatic carbocycles. The molecule has 0 spiro atoms. The van der Waals surface area contributed by atoms with Crippen LogP contribution in [0.15, 0.2) is 0 Å². The molecule has 0 aromatic heterocycles. The zero-order valence-corrected chi connectivity index (χ0v) is 10.3. The van der Waals surface area contributed by atoms with Crippen molar-refractivity contribution in [3.8, 4) is 0 Å². The number of rotatable bonds is 6. The fourth-order valence-corrected chi connectivity index (χ4v) is 2.43. The minimum atomic E-state index is 0.515. The van der Waals surface area contributed by atoms with Gasteiger partial charge in [0.05, 0.1) is 0 Å². The second kappa shape index (κ2) is 4.19. The first-order valence-corrected chi connectivity index (χ1v) is 5.64. The Hall–Kier alpha value is -0.0800. The normalized spacial score (nSPS) is 23.8. The summed E-state index contributed by atoms with van der Waals surface area (Å²) in [5, 5.41) is 3.51. The molecule has 0 bridgehead atoms. The Labute approximate surface area is 88.4 Å². The van der Waals surface area contributed by atoms with Gasteiger partial charge in [0.2, 0.25) is 0 Å². The number of hydrogen-bond donors (Lipinski definition) is 1. The van der Waals surface area contributed by atoms with Crippen molar-refractivity contribution >= 4 is 0 Å². The van der Waals surface area contributed by atoms with E-state index in [4.69, 9.17) is 4.74 Å². The Morgan fingerprint density at radius 3 is 2.14 bits per heavy atom. The third kappa shape index (κ3) is 2.12. The Kier molecular flexibility index (Phi) is 3.59. The lowest BCUT2D eigenvalue weighted by atomic mass is 10.0. The van der Waals surface area contributed by atoms with Crippen LogP contribution in [0.3, 0.4) is 0 Å². The SMILES string of the molecule is COCCCNCC1C(C)(C)C1(C)C. The molecule has 1 rings (SSSR count). The van der Waals surface area contributed by atoms with E-state index in [2.05, 4.69) is 33.0 Å². The van der Waals surface area contributed by atoms with E-state index in [1.165, 1.54) is 0 Å². The van der Waals surface area contributed by atoms with Crippen molar-refractivity contribution in [1.29, 1.82) is 0 Å². The molecule has 0 radical (unpaired) electrons. The summed E-state index contributed by atoms with van der Waals surface area (Å²) < 4.78 is 5.01. The van der Waals surface area contributed by atoms with Crippen LogP contribution in [0, 0.1) is 16.7 Å². The standard InChI is InChI=1S/C12H25NO/c1-11(2)10(12(11,3)4)9-13-7-6-8-14-5/h10,13H,6-9H2,1-5H3. The highest BCUT2D eigenvalue weighted by Gasteiger charge is 2.63. The van der Waals surface area contributed by atoms with Crippen LogP contribution in [0.25, 0.3) is 0 Å². The average Bonchev–Trinajstić information content (AvgIpc) is 2.46. The first-order valence-electron chi connectivity index (χ1n) is 5.64. The van der Waals surface area contributed by atoms with Crippen LogP contribution in [0.5, 0.6) is 0 Å². The molecule has 84 valence electrons. The Bertz CT molecular complexity index is 173. The van der Waals surface area contributed by atoms with Gasteiger partial charge in [-0.3, -0.25) is 0 Å². The molecule has 0 aromatic rings. The molecule has 14 heavy (non-hydrogen) atoms. The highest BCUT2D eigenvalue weighted by atomic mass is 16.5. The monoisotopic (exact) mass is 199 g/mol. The Balaban J connectivity index is 2.10. The molecule has 1 aliphatic rings. The van der Waals surface area contributed by atoms with E-state index >= 15 is 0 Å². The van der Waals surface area contributed by atoms with Crippen molar-refractivity contribution in [1.82, 2.24) is 5.32 Å². The van der Waals surface area contributed by atoms with Crippen LogP contribution >= 0.6 is 0 Å². The van der Waals surface area contributed by atoms with Gasteiger partial charge in [0, 0.05) is 13.7 Å². The number of methoxy groups -OCH3 is 1. The summed E-state index contributed by atoms with van der Waals surface area (Å²) in [6.07, 6.45) is 1.12. The van der Waals surface area contributed by atoms with Gasteiger partial charge >= 0.3 is 0 Å². The van der Waals surface area contributed by atoms with Crippen molar-refractivity contribution < 1.29 is 4.74 Å². The number of nitrogens with one attached hydrogen (secondary N) is 1. The molecular formula is C12H25NO. The van der Waals surface area contributed by atoms with Crippen molar-refractivity contribution in [2.24, 2.45) is 16.7 Å². The lowest BCUT2D eigenvalue weighted by Crippen LogP contribution is -2.21. The van der Waals surface area contributed by atoms with Crippen molar-refractivity contribution in [2.75, 3.05) is 26.8 Å². The molecule has 0 saturated heterocycles. The van der Waals surface area contributed by atoms with Gasteiger partial charge in [0.15, 0.2) is 0 Å². The third-order valence-corrected chi connectivity index (χ3v) is 4.37. The van der Waals surface area contributed by atoms with Gasteiger partial charge in [-0.1, -0.05) is 27.7 Å². The second-order valence-corrected chi connectivity index (χ2v) is 5.55. The van der Waals surface area contributed by atoms with Gasteiger partial charge in [0.25, 0.3) is 0 Å². The highest BCUT2D eigenvalue weighted by Crippen LogP contribution is 2.67. The molecule has 1 saturated carbocycles. The predicted molar refractivity (Wildman–Crippen MR) is 60.4 cm³/mol. The van der Waals surface area contributed by atoms with Gasteiger partial charge < -0.3 is 10.1 Å². The molecule has 1 fully saturated rings. The molecule has 1 N–H and O–H groups in total. The summed E-state index contributed by atoms with van der Waals surface area (Å²) in [6.45, 7) is 12.6. The summed E-state index contributed by atoms with van der Waals surface area (Å²) in [7, 11) is 1.76. The summed E-state index contributed by atoms with van der Waals surface area (Å²) in [6, 6.07) is 0. The third-order valence-electron chi connectivity index (χ3n) is 4.37.